The smallest absolute Gasteiger partial charge is 0.328 e. The van der Waals surface area contributed by atoms with E-state index < -0.39 is 17.2 Å². The van der Waals surface area contributed by atoms with E-state index in [2.05, 4.69) is 15.4 Å². The van der Waals surface area contributed by atoms with Crippen LogP contribution in [0.3, 0.4) is 0 Å². The van der Waals surface area contributed by atoms with Gasteiger partial charge in [-0.15, -0.1) is 0 Å². The molecule has 128 valence electrons. The molecule has 2 heterocycles. The summed E-state index contributed by atoms with van der Waals surface area (Å²) in [5.74, 6) is -0.558. The third-order valence-electron chi connectivity index (χ3n) is 3.79. The van der Waals surface area contributed by atoms with Gasteiger partial charge in [0, 0.05) is 25.6 Å². The summed E-state index contributed by atoms with van der Waals surface area (Å²) in [4.78, 5) is 38.0. The minimum atomic E-state index is -0.716. The van der Waals surface area contributed by atoms with Crippen LogP contribution in [0, 0.1) is 0 Å². The van der Waals surface area contributed by atoms with Gasteiger partial charge in [-0.3, -0.25) is 19.3 Å². The van der Waals surface area contributed by atoms with Gasteiger partial charge < -0.3 is 9.88 Å². The second kappa shape index (κ2) is 7.00. The Morgan fingerprint density at radius 2 is 2.00 bits per heavy atom. The highest BCUT2D eigenvalue weighted by Gasteiger charge is 2.19. The Bertz CT molecular complexity index is 974. The lowest BCUT2D eigenvalue weighted by atomic mass is 10.1. The van der Waals surface area contributed by atoms with Crippen LogP contribution in [-0.4, -0.2) is 25.2 Å². The number of nitrogens with zero attached hydrogens (tertiary/aromatic N) is 3. The number of benzene rings is 1. The highest BCUT2D eigenvalue weighted by Crippen LogP contribution is 2.15. The number of rotatable bonds is 5. The molecule has 0 aliphatic heterocycles. The van der Waals surface area contributed by atoms with Gasteiger partial charge in [-0.25, -0.2) is 4.79 Å². The lowest BCUT2D eigenvalue weighted by molar-refractivity contribution is 0.0929. The molecule has 0 bridgehead atoms. The number of aryl methyl sites for hydroxylation is 1. The summed E-state index contributed by atoms with van der Waals surface area (Å²) < 4.78 is 2.85. The number of aromatic nitrogens is 4. The first-order valence-corrected chi connectivity index (χ1v) is 7.68. The number of amides is 1. The molecule has 1 aromatic carbocycles. The fourth-order valence-corrected chi connectivity index (χ4v) is 2.48. The van der Waals surface area contributed by atoms with E-state index in [1.54, 1.807) is 23.1 Å². The molecule has 1 atom stereocenters. The number of hydrogen-bond donors (Lipinski definition) is 2. The zero-order chi connectivity index (χ0) is 17.8. The van der Waals surface area contributed by atoms with E-state index in [1.165, 1.54) is 13.2 Å². The largest absolute Gasteiger partial charge is 0.343 e. The summed E-state index contributed by atoms with van der Waals surface area (Å²) in [5.41, 5.74) is -0.528. The van der Waals surface area contributed by atoms with Crippen molar-refractivity contribution in [3.05, 3.63) is 87.0 Å². The molecule has 0 aliphatic rings. The van der Waals surface area contributed by atoms with Crippen LogP contribution < -0.4 is 16.6 Å². The molecule has 8 heteroatoms. The maximum absolute atomic E-state index is 12.6. The first kappa shape index (κ1) is 16.4. The summed E-state index contributed by atoms with van der Waals surface area (Å²) in [7, 11) is 1.47. The number of carbonyl (C=O) groups is 1. The molecule has 0 radical (unpaired) electrons. The molecule has 2 aromatic heterocycles. The Morgan fingerprint density at radius 3 is 2.68 bits per heavy atom. The summed E-state index contributed by atoms with van der Waals surface area (Å²) in [6, 6.07) is 10.8. The number of nitrogens with one attached hydrogen (secondary N) is 2. The molecule has 8 nitrogen and oxygen atoms in total. The van der Waals surface area contributed by atoms with Crippen molar-refractivity contribution < 1.29 is 4.79 Å². The first-order chi connectivity index (χ1) is 12.0. The third kappa shape index (κ3) is 3.74. The van der Waals surface area contributed by atoms with Crippen molar-refractivity contribution >= 4 is 5.91 Å². The van der Waals surface area contributed by atoms with Crippen molar-refractivity contribution in [3.8, 4) is 0 Å². The second-order valence-electron chi connectivity index (χ2n) is 5.58. The molecule has 0 unspecified atom stereocenters. The van der Waals surface area contributed by atoms with Crippen LogP contribution in [0.15, 0.2) is 64.6 Å². The van der Waals surface area contributed by atoms with Crippen LogP contribution >= 0.6 is 0 Å². The summed E-state index contributed by atoms with van der Waals surface area (Å²) in [6.07, 6.45) is 4.68. The normalized spacial score (nSPS) is 11.9. The van der Waals surface area contributed by atoms with Gasteiger partial charge in [0.15, 0.2) is 0 Å². The number of carbonyl (C=O) groups excluding carboxylic acids is 1. The Kier molecular flexibility index (Phi) is 4.60. The molecule has 0 spiro atoms. The fraction of sp³-hybridized carbons (Fsp3) is 0.176. The van der Waals surface area contributed by atoms with E-state index in [4.69, 9.17) is 0 Å². The van der Waals surface area contributed by atoms with Gasteiger partial charge in [0.1, 0.15) is 5.56 Å². The van der Waals surface area contributed by atoms with E-state index in [0.29, 0.717) is 6.54 Å². The molecule has 1 amide bonds. The van der Waals surface area contributed by atoms with E-state index in [9.17, 15) is 14.4 Å². The Morgan fingerprint density at radius 1 is 1.24 bits per heavy atom. The molecule has 0 saturated carbocycles. The molecule has 0 saturated heterocycles. The van der Waals surface area contributed by atoms with Crippen LogP contribution in [0.5, 0.6) is 0 Å². The Labute approximate surface area is 142 Å². The lowest BCUT2D eigenvalue weighted by Crippen LogP contribution is -2.38. The van der Waals surface area contributed by atoms with E-state index >= 15 is 0 Å². The number of aromatic amines is 1. The van der Waals surface area contributed by atoms with E-state index in [-0.39, 0.29) is 11.6 Å². The van der Waals surface area contributed by atoms with Crippen molar-refractivity contribution in [1.29, 1.82) is 0 Å². The summed E-state index contributed by atoms with van der Waals surface area (Å²) >= 11 is 0. The Balaban J connectivity index is 1.90. The molecule has 3 aromatic rings. The average molecular weight is 339 g/mol. The van der Waals surface area contributed by atoms with E-state index in [0.717, 1.165) is 10.1 Å². The highest BCUT2D eigenvalue weighted by atomic mass is 16.2. The summed E-state index contributed by atoms with van der Waals surface area (Å²) in [6.45, 7) is 0.409. The molecular weight excluding hydrogens is 322 g/mol. The fourth-order valence-electron chi connectivity index (χ4n) is 2.48. The van der Waals surface area contributed by atoms with Gasteiger partial charge in [-0.05, 0) is 11.6 Å². The van der Waals surface area contributed by atoms with Gasteiger partial charge in [-0.1, -0.05) is 30.3 Å². The van der Waals surface area contributed by atoms with E-state index in [1.807, 2.05) is 30.3 Å². The monoisotopic (exact) mass is 339 g/mol. The number of hydrogen-bond acceptors (Lipinski definition) is 4. The Hall–Kier alpha value is -3.42. The lowest BCUT2D eigenvalue weighted by Gasteiger charge is -2.19. The maximum atomic E-state index is 12.6. The average Bonchev–Trinajstić information content (AvgIpc) is 3.11. The van der Waals surface area contributed by atoms with Gasteiger partial charge >= 0.3 is 5.69 Å². The van der Waals surface area contributed by atoms with Crippen LogP contribution in [0.25, 0.3) is 0 Å². The SMILES string of the molecule is Cn1cc(C(=O)N[C@@H](Cn2cccn2)c2ccccc2)c(=O)[nH]c1=O. The predicted molar refractivity (Wildman–Crippen MR) is 91.2 cm³/mol. The van der Waals surface area contributed by atoms with Crippen molar-refractivity contribution in [2.45, 2.75) is 12.6 Å². The molecule has 25 heavy (non-hydrogen) atoms. The third-order valence-corrected chi connectivity index (χ3v) is 3.79. The standard InChI is InChI=1S/C17H17N5O3/c1-21-10-13(16(24)20-17(21)25)15(23)19-14(11-22-9-5-8-18-22)12-6-3-2-4-7-12/h2-10,14H,11H2,1H3,(H,19,23)(H,20,24,25)/t14-/m0/s1. The van der Waals surface area contributed by atoms with Crippen molar-refractivity contribution in [2.75, 3.05) is 0 Å². The van der Waals surface area contributed by atoms with Gasteiger partial charge in [0.05, 0.1) is 12.6 Å². The minimum absolute atomic E-state index is 0.122. The molecule has 2 N–H and O–H groups in total. The first-order valence-electron chi connectivity index (χ1n) is 7.68. The zero-order valence-corrected chi connectivity index (χ0v) is 13.5. The van der Waals surface area contributed by atoms with Gasteiger partial charge in [0.2, 0.25) is 0 Å². The molecule has 0 fully saturated rings. The van der Waals surface area contributed by atoms with Crippen molar-refractivity contribution in [1.82, 2.24) is 24.6 Å². The van der Waals surface area contributed by atoms with Crippen LogP contribution in [0.4, 0.5) is 0 Å². The maximum Gasteiger partial charge on any atom is 0.328 e. The molecule has 3 rings (SSSR count). The van der Waals surface area contributed by atoms with Gasteiger partial charge in [-0.2, -0.15) is 5.10 Å². The molecule has 0 aliphatic carbocycles. The zero-order valence-electron chi connectivity index (χ0n) is 13.5. The minimum Gasteiger partial charge on any atom is -0.343 e. The van der Waals surface area contributed by atoms with Crippen LogP contribution in [0.1, 0.15) is 22.0 Å². The quantitative estimate of drug-likeness (QED) is 0.704. The number of H-pyrrole nitrogens is 1. The van der Waals surface area contributed by atoms with Crippen LogP contribution in [-0.2, 0) is 13.6 Å². The van der Waals surface area contributed by atoms with Crippen molar-refractivity contribution in [2.24, 2.45) is 7.05 Å². The van der Waals surface area contributed by atoms with Gasteiger partial charge in [0.25, 0.3) is 11.5 Å². The highest BCUT2D eigenvalue weighted by molar-refractivity contribution is 5.93. The summed E-state index contributed by atoms with van der Waals surface area (Å²) in [5, 5.41) is 7.00. The van der Waals surface area contributed by atoms with Crippen molar-refractivity contribution in [3.63, 3.8) is 0 Å². The molecular formula is C17H17N5O3. The topological polar surface area (TPSA) is 102 Å². The van der Waals surface area contributed by atoms with Crippen LogP contribution in [0.2, 0.25) is 0 Å². The predicted octanol–water partition coefficient (Wildman–Crippen LogP) is 0.441. The second-order valence-corrected chi connectivity index (χ2v) is 5.58.